The predicted octanol–water partition coefficient (Wildman–Crippen LogP) is -0.503. The molecule has 0 fully saturated rings. The summed E-state index contributed by atoms with van der Waals surface area (Å²) in [5, 5.41) is 6.19. The zero-order valence-electron chi connectivity index (χ0n) is 11.9. The van der Waals surface area contributed by atoms with Crippen molar-refractivity contribution in [2.24, 2.45) is 16.7 Å². The van der Waals surface area contributed by atoms with Crippen LogP contribution in [0.2, 0.25) is 0 Å². The molecule has 1 amide bonds. The molecule has 124 valence electrons. The lowest BCUT2D eigenvalue weighted by Gasteiger charge is -2.10. The normalized spacial score (nSPS) is 11.9. The molecule has 1 heterocycles. The summed E-state index contributed by atoms with van der Waals surface area (Å²) in [6.45, 7) is 0.110. The average molecular weight is 357 g/mol. The van der Waals surface area contributed by atoms with Gasteiger partial charge in [0.25, 0.3) is 10.0 Å². The molecule has 0 aliphatic rings. The quantitative estimate of drug-likeness (QED) is 0.445. The van der Waals surface area contributed by atoms with Crippen molar-refractivity contribution in [2.45, 2.75) is 4.34 Å². The molecular formula is C12H15N5O4S2. The maximum absolute atomic E-state index is 11.3. The number of aromatic nitrogens is 1. The molecule has 9 nitrogen and oxygen atoms in total. The molecule has 23 heavy (non-hydrogen) atoms. The molecule has 6 N–H and O–H groups in total. The van der Waals surface area contributed by atoms with E-state index < -0.39 is 15.9 Å². The number of carbonyl (C=O) groups is 1. The fraction of sp³-hybridized carbons (Fsp3) is 0.167. The summed E-state index contributed by atoms with van der Waals surface area (Å²) in [6.07, 6.45) is 3.07. The lowest BCUT2D eigenvalue weighted by atomic mass is 10.3. The minimum atomic E-state index is -3.82. The van der Waals surface area contributed by atoms with Crippen molar-refractivity contribution < 1.29 is 17.9 Å². The molecule has 0 spiro atoms. The fourth-order valence-electron chi connectivity index (χ4n) is 1.65. The predicted molar refractivity (Wildman–Crippen MR) is 85.7 cm³/mol. The van der Waals surface area contributed by atoms with Gasteiger partial charge in [-0.15, -0.1) is 11.3 Å². The number of nitrogens with two attached hydrogens (primary N) is 3. The Morgan fingerprint density at radius 2 is 2.17 bits per heavy atom. The lowest BCUT2D eigenvalue weighted by Crippen LogP contribution is -2.34. The zero-order valence-corrected chi connectivity index (χ0v) is 13.5. The van der Waals surface area contributed by atoms with Crippen LogP contribution in [0.25, 0.3) is 10.2 Å². The summed E-state index contributed by atoms with van der Waals surface area (Å²) in [5.74, 6) is 5.48. The highest BCUT2D eigenvalue weighted by molar-refractivity contribution is 7.91. The molecule has 2 rings (SSSR count). The number of primary sulfonamides is 1. The second-order valence-corrected chi connectivity index (χ2v) is 7.25. The lowest BCUT2D eigenvalue weighted by molar-refractivity contribution is -0.118. The van der Waals surface area contributed by atoms with Crippen molar-refractivity contribution in [2.75, 3.05) is 13.2 Å². The number of hydrogen-bond donors (Lipinski definition) is 3. The van der Waals surface area contributed by atoms with Crippen LogP contribution in [0.3, 0.4) is 0 Å². The van der Waals surface area contributed by atoms with Crippen molar-refractivity contribution in [3.63, 3.8) is 0 Å². The van der Waals surface area contributed by atoms with E-state index in [0.717, 1.165) is 16.3 Å². The van der Waals surface area contributed by atoms with E-state index in [2.05, 4.69) is 4.98 Å². The Hall–Kier alpha value is -2.21. The minimum Gasteiger partial charge on any atom is -0.489 e. The summed E-state index contributed by atoms with van der Waals surface area (Å²) in [7, 11) is -3.82. The van der Waals surface area contributed by atoms with E-state index in [1.54, 1.807) is 24.3 Å². The number of nitrogens with zero attached hydrogens (tertiary/aromatic N) is 2. The summed E-state index contributed by atoms with van der Waals surface area (Å²) < 4.78 is 28.5. The molecule has 0 radical (unpaired) electrons. The number of primary amides is 1. The van der Waals surface area contributed by atoms with Gasteiger partial charge in [-0.2, -0.15) is 0 Å². The number of ether oxygens (including phenoxy) is 1. The molecule has 1 aromatic carbocycles. The number of carbonyl (C=O) groups excluding carboxylic acids is 1. The highest BCUT2D eigenvalue weighted by Gasteiger charge is 2.14. The van der Waals surface area contributed by atoms with E-state index in [4.69, 9.17) is 21.5 Å². The Morgan fingerprint density at radius 1 is 1.43 bits per heavy atom. The van der Waals surface area contributed by atoms with Crippen molar-refractivity contribution >= 4 is 37.5 Å². The first-order valence-electron chi connectivity index (χ1n) is 6.28. The van der Waals surface area contributed by atoms with E-state index in [1.165, 1.54) is 6.20 Å². The summed E-state index contributed by atoms with van der Waals surface area (Å²) in [4.78, 5) is 14.6. The number of rotatable bonds is 7. The van der Waals surface area contributed by atoms with Crippen LogP contribution in [0, 0.1) is 0 Å². The topological polar surface area (TPSA) is 155 Å². The van der Waals surface area contributed by atoms with Crippen LogP contribution in [0.15, 0.2) is 34.8 Å². The van der Waals surface area contributed by atoms with E-state index in [0.29, 0.717) is 16.0 Å². The van der Waals surface area contributed by atoms with Crippen LogP contribution in [0.4, 0.5) is 0 Å². The van der Waals surface area contributed by atoms with Gasteiger partial charge in [-0.05, 0) is 24.3 Å². The number of hydrazine groups is 1. The molecule has 0 saturated carbocycles. The van der Waals surface area contributed by atoms with Gasteiger partial charge in [0.05, 0.1) is 10.2 Å². The third-order valence-corrected chi connectivity index (χ3v) is 4.90. The fourth-order valence-corrected chi connectivity index (χ4v) is 3.34. The van der Waals surface area contributed by atoms with Crippen LogP contribution in [0.5, 0.6) is 5.75 Å². The number of sulfonamides is 1. The Labute approximate surface area is 136 Å². The molecule has 0 bridgehead atoms. The third-order valence-electron chi connectivity index (χ3n) is 2.57. The van der Waals surface area contributed by atoms with Crippen LogP contribution >= 0.6 is 11.3 Å². The number of benzene rings is 1. The highest BCUT2D eigenvalue weighted by atomic mass is 32.2. The number of amides is 1. The molecule has 1 aromatic heterocycles. The van der Waals surface area contributed by atoms with Gasteiger partial charge in [-0.1, -0.05) is 0 Å². The van der Waals surface area contributed by atoms with E-state index in [-0.39, 0.29) is 17.5 Å². The van der Waals surface area contributed by atoms with Crippen molar-refractivity contribution in [1.82, 2.24) is 9.99 Å². The summed E-state index contributed by atoms with van der Waals surface area (Å²) in [6, 6.07) is 4.97. The zero-order chi connectivity index (χ0) is 17.0. The van der Waals surface area contributed by atoms with Gasteiger partial charge < -0.3 is 15.5 Å². The van der Waals surface area contributed by atoms with Gasteiger partial charge in [0.2, 0.25) is 10.2 Å². The van der Waals surface area contributed by atoms with Crippen molar-refractivity contribution in [3.05, 3.63) is 30.5 Å². The number of hydrogen-bond acceptors (Lipinski definition) is 8. The molecule has 0 atom stereocenters. The highest BCUT2D eigenvalue weighted by Crippen LogP contribution is 2.28. The molecule has 11 heteroatoms. The second kappa shape index (κ2) is 6.91. The van der Waals surface area contributed by atoms with Crippen LogP contribution < -0.4 is 21.5 Å². The molecular weight excluding hydrogens is 342 g/mol. The van der Waals surface area contributed by atoms with E-state index in [1.807, 2.05) is 0 Å². The minimum absolute atomic E-state index is 0.0976. The SMILES string of the molecule is NC(=O)CN(N)/C=C/COc1ccc2nc(S(N)(=O)=O)sc2c1. The van der Waals surface area contributed by atoms with Gasteiger partial charge in [0.15, 0.2) is 0 Å². The Balaban J connectivity index is 2.01. The van der Waals surface area contributed by atoms with Gasteiger partial charge in [0, 0.05) is 6.20 Å². The third kappa shape index (κ3) is 4.89. The number of thiazole rings is 1. The first-order chi connectivity index (χ1) is 10.8. The van der Waals surface area contributed by atoms with Crippen LogP contribution in [-0.4, -0.2) is 37.5 Å². The second-order valence-electron chi connectivity index (χ2n) is 4.49. The van der Waals surface area contributed by atoms with E-state index >= 15 is 0 Å². The smallest absolute Gasteiger partial charge is 0.265 e. The maximum atomic E-state index is 11.3. The van der Waals surface area contributed by atoms with Crippen molar-refractivity contribution in [3.8, 4) is 5.75 Å². The largest absolute Gasteiger partial charge is 0.489 e. The Bertz CT molecular complexity index is 846. The monoisotopic (exact) mass is 357 g/mol. The summed E-state index contributed by atoms with van der Waals surface area (Å²) >= 11 is 0.968. The van der Waals surface area contributed by atoms with Gasteiger partial charge in [-0.3, -0.25) is 4.79 Å². The Morgan fingerprint density at radius 3 is 2.83 bits per heavy atom. The first-order valence-corrected chi connectivity index (χ1v) is 8.64. The molecule has 0 aliphatic carbocycles. The average Bonchev–Trinajstić information content (AvgIpc) is 2.86. The molecule has 0 aliphatic heterocycles. The van der Waals surface area contributed by atoms with Gasteiger partial charge in [0.1, 0.15) is 18.9 Å². The van der Waals surface area contributed by atoms with Crippen molar-refractivity contribution in [1.29, 1.82) is 0 Å². The van der Waals surface area contributed by atoms with Crippen LogP contribution in [0.1, 0.15) is 0 Å². The maximum Gasteiger partial charge on any atom is 0.265 e. The Kier molecular flexibility index (Phi) is 5.15. The number of fused-ring (bicyclic) bond motifs is 1. The first kappa shape index (κ1) is 17.1. The van der Waals surface area contributed by atoms with Gasteiger partial charge >= 0.3 is 0 Å². The summed E-state index contributed by atoms with van der Waals surface area (Å²) in [5.41, 5.74) is 5.52. The van der Waals surface area contributed by atoms with E-state index in [9.17, 15) is 13.2 Å². The molecule has 0 saturated heterocycles. The van der Waals surface area contributed by atoms with Gasteiger partial charge in [-0.25, -0.2) is 24.4 Å². The molecule has 2 aromatic rings. The standard InChI is InChI=1S/C12H15N5O4S2/c13-11(18)7-17(14)4-1-5-21-8-2-3-9-10(6-8)22-12(16-9)23(15,19)20/h1-4,6H,5,7,14H2,(H2,13,18)(H2,15,19,20)/b4-1+. The molecule has 0 unspecified atom stereocenters. The van der Waals surface area contributed by atoms with Crippen LogP contribution in [-0.2, 0) is 14.8 Å².